The van der Waals surface area contributed by atoms with Gasteiger partial charge >= 0.3 is 4.87 Å². The summed E-state index contributed by atoms with van der Waals surface area (Å²) < 4.78 is 1.66. The van der Waals surface area contributed by atoms with Crippen LogP contribution in [-0.2, 0) is 11.3 Å². The van der Waals surface area contributed by atoms with Crippen LogP contribution in [-0.4, -0.2) is 23.6 Å². The van der Waals surface area contributed by atoms with Gasteiger partial charge in [0.05, 0.1) is 0 Å². The summed E-state index contributed by atoms with van der Waals surface area (Å²) in [5.74, 6) is -0.0337. The lowest BCUT2D eigenvalue weighted by atomic mass is 10.3. The van der Waals surface area contributed by atoms with E-state index in [4.69, 9.17) is 5.73 Å². The number of rotatable bonds is 6. The predicted octanol–water partition coefficient (Wildman–Crippen LogP) is 0.382. The van der Waals surface area contributed by atoms with Crippen LogP contribution in [0.4, 0.5) is 0 Å². The lowest BCUT2D eigenvalue weighted by molar-refractivity contribution is -0.121. The molecule has 0 unspecified atom stereocenters. The molecule has 0 aliphatic rings. The molecule has 1 amide bonds. The summed E-state index contributed by atoms with van der Waals surface area (Å²) in [7, 11) is 0. The first-order valence-electron chi connectivity index (χ1n) is 5.70. The normalized spacial score (nSPS) is 10.5. The molecule has 1 rings (SSSR count). The molecule has 6 heteroatoms. The highest BCUT2D eigenvalue weighted by molar-refractivity contribution is 7.09. The van der Waals surface area contributed by atoms with E-state index in [1.165, 1.54) is 11.3 Å². The molecule has 0 spiro atoms. The molecule has 0 bridgehead atoms. The van der Waals surface area contributed by atoms with E-state index in [2.05, 4.69) is 5.32 Å². The van der Waals surface area contributed by atoms with Gasteiger partial charge in [-0.1, -0.05) is 11.3 Å². The maximum Gasteiger partial charge on any atom is 0.307 e. The first-order valence-corrected chi connectivity index (χ1v) is 6.51. The number of carbonyl (C=O) groups excluding carboxylic acids is 1. The zero-order valence-corrected chi connectivity index (χ0v) is 11.1. The second-order valence-corrected chi connectivity index (χ2v) is 5.07. The highest BCUT2D eigenvalue weighted by atomic mass is 32.1. The maximum absolute atomic E-state index is 11.6. The van der Waals surface area contributed by atoms with E-state index in [9.17, 15) is 9.59 Å². The van der Waals surface area contributed by atoms with E-state index in [-0.39, 0.29) is 10.8 Å². The van der Waals surface area contributed by atoms with Crippen molar-refractivity contribution < 1.29 is 4.79 Å². The van der Waals surface area contributed by atoms with Crippen LogP contribution in [0.1, 0.15) is 23.4 Å². The number of amides is 1. The molecule has 17 heavy (non-hydrogen) atoms. The van der Waals surface area contributed by atoms with Crippen LogP contribution in [0.3, 0.4) is 0 Å². The van der Waals surface area contributed by atoms with Gasteiger partial charge in [0.2, 0.25) is 5.91 Å². The van der Waals surface area contributed by atoms with Gasteiger partial charge in [-0.05, 0) is 26.8 Å². The Morgan fingerprint density at radius 3 is 2.71 bits per heavy atom. The van der Waals surface area contributed by atoms with Crippen LogP contribution in [0.15, 0.2) is 4.79 Å². The molecular weight excluding hydrogens is 238 g/mol. The molecule has 5 nitrogen and oxygen atoms in total. The van der Waals surface area contributed by atoms with Crippen molar-refractivity contribution in [2.75, 3.05) is 13.1 Å². The number of hydrogen-bond donors (Lipinski definition) is 2. The third-order valence-electron chi connectivity index (χ3n) is 2.64. The Kier molecular flexibility index (Phi) is 5.37. The van der Waals surface area contributed by atoms with Gasteiger partial charge in [0.1, 0.15) is 0 Å². The lowest BCUT2D eigenvalue weighted by Gasteiger charge is -2.06. The van der Waals surface area contributed by atoms with Crippen molar-refractivity contribution in [3.63, 3.8) is 0 Å². The number of nitrogens with two attached hydrogens (primary N) is 1. The molecule has 3 N–H and O–H groups in total. The summed E-state index contributed by atoms with van der Waals surface area (Å²) in [6.07, 6.45) is 1.11. The summed E-state index contributed by atoms with van der Waals surface area (Å²) in [6.45, 7) is 5.44. The summed E-state index contributed by atoms with van der Waals surface area (Å²) in [5.41, 5.74) is 6.28. The van der Waals surface area contributed by atoms with Crippen LogP contribution in [0.25, 0.3) is 0 Å². The van der Waals surface area contributed by atoms with Crippen LogP contribution < -0.4 is 15.9 Å². The van der Waals surface area contributed by atoms with Crippen LogP contribution in [0.5, 0.6) is 0 Å². The Balaban J connectivity index is 2.45. The first-order chi connectivity index (χ1) is 8.06. The number of nitrogens with one attached hydrogen (secondary N) is 1. The van der Waals surface area contributed by atoms with Gasteiger partial charge in [-0.2, -0.15) is 0 Å². The molecule has 0 fully saturated rings. The Morgan fingerprint density at radius 2 is 2.18 bits per heavy atom. The minimum Gasteiger partial charge on any atom is -0.356 e. The largest absolute Gasteiger partial charge is 0.356 e. The van der Waals surface area contributed by atoms with E-state index >= 15 is 0 Å². The minimum atomic E-state index is -0.0337. The van der Waals surface area contributed by atoms with Gasteiger partial charge in [0.25, 0.3) is 0 Å². The van der Waals surface area contributed by atoms with Crippen LogP contribution in [0, 0.1) is 13.8 Å². The van der Waals surface area contributed by atoms with Crippen molar-refractivity contribution in [3.05, 3.63) is 20.2 Å². The SMILES string of the molecule is Cc1sc(=O)n(CCC(=O)NCCCN)c1C. The van der Waals surface area contributed by atoms with Gasteiger partial charge in [-0.15, -0.1) is 0 Å². The smallest absolute Gasteiger partial charge is 0.307 e. The monoisotopic (exact) mass is 257 g/mol. The Labute approximate surface area is 105 Å². The molecule has 0 saturated heterocycles. The van der Waals surface area contributed by atoms with Crippen molar-refractivity contribution in [3.8, 4) is 0 Å². The second kappa shape index (κ2) is 6.56. The Hall–Kier alpha value is -1.14. The number of aryl methyl sites for hydroxylation is 1. The van der Waals surface area contributed by atoms with Gasteiger partial charge in [0.15, 0.2) is 0 Å². The topological polar surface area (TPSA) is 77.1 Å². The van der Waals surface area contributed by atoms with E-state index in [0.29, 0.717) is 26.1 Å². The predicted molar refractivity (Wildman–Crippen MR) is 69.4 cm³/mol. The van der Waals surface area contributed by atoms with Gasteiger partial charge in [-0.25, -0.2) is 0 Å². The van der Waals surface area contributed by atoms with Crippen LogP contribution in [0.2, 0.25) is 0 Å². The van der Waals surface area contributed by atoms with Crippen molar-refractivity contribution in [1.82, 2.24) is 9.88 Å². The molecule has 1 heterocycles. The summed E-state index contributed by atoms with van der Waals surface area (Å²) in [5, 5.41) is 2.77. The van der Waals surface area contributed by atoms with E-state index in [1.54, 1.807) is 4.57 Å². The quantitative estimate of drug-likeness (QED) is 0.723. The summed E-state index contributed by atoms with van der Waals surface area (Å²) in [4.78, 5) is 24.0. The minimum absolute atomic E-state index is 0.00904. The molecule has 0 aromatic carbocycles. The molecule has 0 aliphatic heterocycles. The summed E-state index contributed by atoms with van der Waals surface area (Å²) in [6, 6.07) is 0. The third kappa shape index (κ3) is 3.98. The number of carbonyl (C=O) groups is 1. The summed E-state index contributed by atoms with van der Waals surface area (Å²) >= 11 is 1.23. The van der Waals surface area contributed by atoms with Crippen molar-refractivity contribution in [2.24, 2.45) is 5.73 Å². The molecule has 0 saturated carbocycles. The number of aromatic nitrogens is 1. The molecular formula is C11H19N3O2S. The van der Waals surface area contributed by atoms with E-state index in [1.807, 2.05) is 13.8 Å². The number of nitrogens with zero attached hydrogens (tertiary/aromatic N) is 1. The molecule has 0 atom stereocenters. The second-order valence-electron chi connectivity index (χ2n) is 3.90. The lowest BCUT2D eigenvalue weighted by Crippen LogP contribution is -2.28. The fourth-order valence-corrected chi connectivity index (χ4v) is 2.34. The Bertz CT molecular complexity index is 436. The zero-order valence-electron chi connectivity index (χ0n) is 10.3. The van der Waals surface area contributed by atoms with E-state index < -0.39 is 0 Å². The molecule has 1 aromatic heterocycles. The zero-order chi connectivity index (χ0) is 12.8. The number of thiazole rings is 1. The third-order valence-corrected chi connectivity index (χ3v) is 3.64. The van der Waals surface area contributed by atoms with Gasteiger partial charge in [-0.3, -0.25) is 9.59 Å². The average molecular weight is 257 g/mol. The maximum atomic E-state index is 11.6. The fourth-order valence-electron chi connectivity index (χ4n) is 1.48. The molecule has 96 valence electrons. The highest BCUT2D eigenvalue weighted by Gasteiger charge is 2.08. The molecule has 0 aliphatic carbocycles. The standard InChI is InChI=1S/C11H19N3O2S/c1-8-9(2)17-11(16)14(8)7-4-10(15)13-6-3-5-12/h3-7,12H2,1-2H3,(H,13,15). The Morgan fingerprint density at radius 1 is 1.47 bits per heavy atom. The molecule has 1 aromatic rings. The fraction of sp³-hybridized carbons (Fsp3) is 0.636. The van der Waals surface area contributed by atoms with Crippen molar-refractivity contribution >= 4 is 17.2 Å². The van der Waals surface area contributed by atoms with Crippen molar-refractivity contribution in [1.29, 1.82) is 0 Å². The number of hydrogen-bond acceptors (Lipinski definition) is 4. The van der Waals surface area contributed by atoms with Gasteiger partial charge < -0.3 is 15.6 Å². The highest BCUT2D eigenvalue weighted by Crippen LogP contribution is 2.09. The van der Waals surface area contributed by atoms with Crippen LogP contribution >= 0.6 is 11.3 Å². The van der Waals surface area contributed by atoms with E-state index in [0.717, 1.165) is 17.0 Å². The average Bonchev–Trinajstić information content (AvgIpc) is 2.51. The molecule has 0 radical (unpaired) electrons. The van der Waals surface area contributed by atoms with Gasteiger partial charge in [0, 0.05) is 30.1 Å². The first kappa shape index (κ1) is 13.9. The van der Waals surface area contributed by atoms with Crippen molar-refractivity contribution in [2.45, 2.75) is 33.2 Å².